The lowest BCUT2D eigenvalue weighted by atomic mass is 9.76. The maximum Gasteiger partial charge on any atom is 0.279 e. The highest BCUT2D eigenvalue weighted by atomic mass is 32.2. The van der Waals surface area contributed by atoms with Gasteiger partial charge in [0.2, 0.25) is 0 Å². The molecule has 0 aromatic carbocycles. The maximum atomic E-state index is 12.0. The van der Waals surface area contributed by atoms with Gasteiger partial charge in [-0.05, 0) is 38.6 Å². The number of nitrogens with two attached hydrogens (primary N) is 1. The van der Waals surface area contributed by atoms with E-state index < -0.39 is 10.2 Å². The summed E-state index contributed by atoms with van der Waals surface area (Å²) >= 11 is 0. The van der Waals surface area contributed by atoms with Crippen LogP contribution >= 0.6 is 0 Å². The number of hydrogen-bond donors (Lipinski definition) is 2. The van der Waals surface area contributed by atoms with E-state index in [1.165, 1.54) is 4.31 Å². The topological polar surface area (TPSA) is 75.4 Å². The minimum Gasteiger partial charge on any atom is -0.330 e. The average molecular weight is 249 g/mol. The SMILES string of the molecule is CCC1(NS(=O)(=O)N(C)CCCN)CCC1. The predicted octanol–water partition coefficient (Wildman–Crippen LogP) is 0.434. The predicted molar refractivity (Wildman–Crippen MR) is 65.2 cm³/mol. The Balaban J connectivity index is 2.56. The molecule has 3 N–H and O–H groups in total. The smallest absolute Gasteiger partial charge is 0.279 e. The van der Waals surface area contributed by atoms with E-state index in [-0.39, 0.29) is 5.54 Å². The van der Waals surface area contributed by atoms with E-state index in [0.29, 0.717) is 19.5 Å². The minimum atomic E-state index is -3.34. The molecule has 0 radical (unpaired) electrons. The van der Waals surface area contributed by atoms with Crippen LogP contribution in [-0.2, 0) is 10.2 Å². The molecule has 0 unspecified atom stereocenters. The van der Waals surface area contributed by atoms with Crippen molar-refractivity contribution in [2.24, 2.45) is 5.73 Å². The quantitative estimate of drug-likeness (QED) is 0.687. The molecule has 0 aromatic rings. The first-order chi connectivity index (χ1) is 7.46. The Hall–Kier alpha value is -0.170. The van der Waals surface area contributed by atoms with Crippen LogP contribution in [-0.4, -0.2) is 38.4 Å². The van der Waals surface area contributed by atoms with Gasteiger partial charge in [-0.3, -0.25) is 0 Å². The molecule has 6 heteroatoms. The second-order valence-corrected chi connectivity index (χ2v) is 6.34. The standard InChI is InChI=1S/C10H23N3O2S/c1-3-10(6-4-7-10)12-16(14,15)13(2)9-5-8-11/h12H,3-9,11H2,1-2H3. The van der Waals surface area contributed by atoms with Crippen molar-refractivity contribution in [1.29, 1.82) is 0 Å². The van der Waals surface area contributed by atoms with Crippen molar-refractivity contribution < 1.29 is 8.42 Å². The number of rotatable bonds is 7. The first-order valence-corrected chi connectivity index (χ1v) is 7.35. The second-order valence-electron chi connectivity index (χ2n) is 4.56. The van der Waals surface area contributed by atoms with Gasteiger partial charge in [-0.2, -0.15) is 17.4 Å². The van der Waals surface area contributed by atoms with Crippen LogP contribution in [0.1, 0.15) is 39.0 Å². The average Bonchev–Trinajstić information content (AvgIpc) is 2.20. The summed E-state index contributed by atoms with van der Waals surface area (Å²) in [7, 11) is -1.74. The summed E-state index contributed by atoms with van der Waals surface area (Å²) in [5.41, 5.74) is 5.18. The van der Waals surface area contributed by atoms with Gasteiger partial charge in [0.25, 0.3) is 10.2 Å². The number of hydrogen-bond acceptors (Lipinski definition) is 3. The Morgan fingerprint density at radius 3 is 2.44 bits per heavy atom. The van der Waals surface area contributed by atoms with Gasteiger partial charge in [0.15, 0.2) is 0 Å². The van der Waals surface area contributed by atoms with Gasteiger partial charge in [0.05, 0.1) is 0 Å². The Bertz CT molecular complexity index is 307. The third-order valence-electron chi connectivity index (χ3n) is 3.42. The van der Waals surface area contributed by atoms with E-state index in [2.05, 4.69) is 4.72 Å². The van der Waals surface area contributed by atoms with Gasteiger partial charge < -0.3 is 5.73 Å². The van der Waals surface area contributed by atoms with Crippen LogP contribution < -0.4 is 10.5 Å². The maximum absolute atomic E-state index is 12.0. The molecule has 16 heavy (non-hydrogen) atoms. The lowest BCUT2D eigenvalue weighted by molar-refractivity contribution is 0.209. The number of nitrogens with zero attached hydrogens (tertiary/aromatic N) is 1. The molecule has 5 nitrogen and oxygen atoms in total. The van der Waals surface area contributed by atoms with Crippen LogP contribution in [0.3, 0.4) is 0 Å². The molecule has 0 saturated heterocycles. The fraction of sp³-hybridized carbons (Fsp3) is 1.00. The van der Waals surface area contributed by atoms with E-state index in [1.807, 2.05) is 6.92 Å². The molecule has 1 saturated carbocycles. The Morgan fingerprint density at radius 1 is 1.44 bits per heavy atom. The molecule has 0 heterocycles. The molecular formula is C10H23N3O2S. The van der Waals surface area contributed by atoms with Crippen molar-refractivity contribution in [1.82, 2.24) is 9.03 Å². The van der Waals surface area contributed by atoms with Crippen LogP contribution in [0.25, 0.3) is 0 Å². The van der Waals surface area contributed by atoms with Gasteiger partial charge in [-0.25, -0.2) is 0 Å². The van der Waals surface area contributed by atoms with Crippen molar-refractivity contribution in [3.05, 3.63) is 0 Å². The number of nitrogens with one attached hydrogen (secondary N) is 1. The molecule has 96 valence electrons. The molecule has 0 atom stereocenters. The van der Waals surface area contributed by atoms with Crippen LogP contribution in [0, 0.1) is 0 Å². The monoisotopic (exact) mass is 249 g/mol. The van der Waals surface area contributed by atoms with Crippen molar-refractivity contribution in [2.75, 3.05) is 20.1 Å². The Labute approximate surface area is 98.6 Å². The minimum absolute atomic E-state index is 0.185. The largest absolute Gasteiger partial charge is 0.330 e. The molecule has 1 fully saturated rings. The highest BCUT2D eigenvalue weighted by Gasteiger charge is 2.39. The fourth-order valence-corrected chi connectivity index (χ4v) is 3.34. The van der Waals surface area contributed by atoms with Gasteiger partial charge in [-0.1, -0.05) is 6.92 Å². The molecule has 0 bridgehead atoms. The van der Waals surface area contributed by atoms with Crippen LogP contribution in [0.5, 0.6) is 0 Å². The summed E-state index contributed by atoms with van der Waals surface area (Å²) in [4.78, 5) is 0. The van der Waals surface area contributed by atoms with Crippen LogP contribution in [0.15, 0.2) is 0 Å². The van der Waals surface area contributed by atoms with Crippen molar-refractivity contribution in [2.45, 2.75) is 44.6 Å². The van der Waals surface area contributed by atoms with E-state index >= 15 is 0 Å². The molecule has 1 aliphatic carbocycles. The first kappa shape index (κ1) is 13.9. The van der Waals surface area contributed by atoms with Crippen LogP contribution in [0.4, 0.5) is 0 Å². The summed E-state index contributed by atoms with van der Waals surface area (Å²) in [6.45, 7) is 3.02. The highest BCUT2D eigenvalue weighted by Crippen LogP contribution is 2.35. The molecule has 1 rings (SSSR count). The van der Waals surface area contributed by atoms with Crippen LogP contribution in [0.2, 0.25) is 0 Å². The normalized spacial score (nSPS) is 19.8. The Kier molecular flexibility index (Phi) is 4.73. The lowest BCUT2D eigenvalue weighted by Crippen LogP contribution is -2.56. The molecule has 1 aliphatic rings. The summed E-state index contributed by atoms with van der Waals surface area (Å²) in [5, 5.41) is 0. The fourth-order valence-electron chi connectivity index (χ4n) is 1.92. The van der Waals surface area contributed by atoms with E-state index in [0.717, 1.165) is 25.7 Å². The van der Waals surface area contributed by atoms with Gasteiger partial charge in [-0.15, -0.1) is 0 Å². The zero-order chi connectivity index (χ0) is 12.2. The van der Waals surface area contributed by atoms with E-state index in [1.54, 1.807) is 7.05 Å². The van der Waals surface area contributed by atoms with E-state index in [4.69, 9.17) is 5.73 Å². The molecule has 0 aliphatic heterocycles. The first-order valence-electron chi connectivity index (χ1n) is 5.91. The lowest BCUT2D eigenvalue weighted by Gasteiger charge is -2.42. The summed E-state index contributed by atoms with van der Waals surface area (Å²) < 4.78 is 28.1. The molecule has 0 aromatic heterocycles. The Morgan fingerprint density at radius 2 is 2.06 bits per heavy atom. The molecule has 0 amide bonds. The van der Waals surface area contributed by atoms with Gasteiger partial charge in [0.1, 0.15) is 0 Å². The highest BCUT2D eigenvalue weighted by molar-refractivity contribution is 7.87. The molecular weight excluding hydrogens is 226 g/mol. The van der Waals surface area contributed by atoms with Crippen molar-refractivity contribution in [3.63, 3.8) is 0 Å². The third-order valence-corrected chi connectivity index (χ3v) is 5.11. The second kappa shape index (κ2) is 5.44. The van der Waals surface area contributed by atoms with Gasteiger partial charge >= 0.3 is 0 Å². The molecule has 0 spiro atoms. The summed E-state index contributed by atoms with van der Waals surface area (Å²) in [6.07, 6.45) is 4.57. The van der Waals surface area contributed by atoms with Crippen molar-refractivity contribution >= 4 is 10.2 Å². The summed E-state index contributed by atoms with van der Waals surface area (Å²) in [5.74, 6) is 0. The van der Waals surface area contributed by atoms with Crippen molar-refractivity contribution in [3.8, 4) is 0 Å². The third kappa shape index (κ3) is 3.16. The zero-order valence-electron chi connectivity index (χ0n) is 10.2. The van der Waals surface area contributed by atoms with Gasteiger partial charge in [0, 0.05) is 19.1 Å². The van der Waals surface area contributed by atoms with E-state index in [9.17, 15) is 8.42 Å². The summed E-state index contributed by atoms with van der Waals surface area (Å²) in [6, 6.07) is 0. The zero-order valence-corrected chi connectivity index (χ0v) is 11.0.